The fraction of sp³-hybridized carbons (Fsp3) is 0.278. The van der Waals surface area contributed by atoms with E-state index < -0.39 is 13.8 Å². The Morgan fingerprint density at radius 1 is 0.681 bits per heavy atom. The molecule has 15 heteroatoms. The van der Waals surface area contributed by atoms with Crippen molar-refractivity contribution < 1.29 is 14.3 Å². The van der Waals surface area contributed by atoms with E-state index in [2.05, 4.69) is 82.4 Å². The largest absolute Gasteiger partial charge is 0.486 e. The van der Waals surface area contributed by atoms with E-state index in [0.29, 0.717) is 35.4 Å². The summed E-state index contributed by atoms with van der Waals surface area (Å²) < 4.78 is 17.0. The second-order valence-corrected chi connectivity index (χ2v) is 22.9. The molecule has 10 rings (SSSR count). The Morgan fingerprint density at radius 3 is 1.70 bits per heavy atom. The molecule has 2 saturated heterocycles. The second-order valence-electron chi connectivity index (χ2n) is 18.3. The topological polar surface area (TPSA) is 170 Å². The number of carbonyl (C=O) groups excluding carboxylic acids is 1. The molecule has 2 spiro atoms. The van der Waals surface area contributed by atoms with Gasteiger partial charge in [0.2, 0.25) is 18.1 Å². The van der Waals surface area contributed by atoms with Gasteiger partial charge in [-0.15, -0.1) is 0 Å². The normalized spacial score (nSPS) is 16.8. The summed E-state index contributed by atoms with van der Waals surface area (Å²) in [5.74, 6) is 5.51. The van der Waals surface area contributed by atoms with E-state index in [1.807, 2.05) is 85.1 Å². The number of carbonyl (C=O) groups is 1. The van der Waals surface area contributed by atoms with E-state index in [0.717, 1.165) is 103 Å². The Morgan fingerprint density at radius 2 is 1.19 bits per heavy atom. The maximum absolute atomic E-state index is 13.0. The van der Waals surface area contributed by atoms with Crippen molar-refractivity contribution in [2.45, 2.75) is 69.4 Å². The number of anilines is 2. The van der Waals surface area contributed by atoms with Crippen molar-refractivity contribution in [3.8, 4) is 46.0 Å². The van der Waals surface area contributed by atoms with Gasteiger partial charge in [-0.1, -0.05) is 42.5 Å². The third-order valence-corrected chi connectivity index (χ3v) is 13.3. The molecule has 0 unspecified atom stereocenters. The number of nitriles is 2. The second kappa shape index (κ2) is 20.7. The summed E-state index contributed by atoms with van der Waals surface area (Å²) in [5.41, 5.74) is 6.31. The molecule has 2 aromatic heterocycles. The number of hydrogen-bond acceptors (Lipinski definition) is 13. The Balaban J connectivity index is 0.000000164. The first-order valence-corrected chi connectivity index (χ1v) is 26.3. The Labute approximate surface area is 403 Å². The van der Waals surface area contributed by atoms with Crippen molar-refractivity contribution >= 4 is 43.2 Å². The van der Waals surface area contributed by atoms with Crippen LogP contribution >= 0.6 is 0 Å². The molecule has 0 bridgehead atoms. The number of Topliss-reactive ketones (excluding diaryl/α,β-unsaturated/α-hetero) is 1. The zero-order valence-electron chi connectivity index (χ0n) is 39.0. The summed E-state index contributed by atoms with van der Waals surface area (Å²) in [7, 11) is -1.21. The van der Waals surface area contributed by atoms with Gasteiger partial charge in [0.1, 0.15) is 22.7 Å². The molecule has 0 saturated carbocycles. The summed E-state index contributed by atoms with van der Waals surface area (Å²) >= 11 is 0. The minimum atomic E-state index is -1.21. The highest BCUT2D eigenvalue weighted by Crippen LogP contribution is 2.43. The van der Waals surface area contributed by atoms with Gasteiger partial charge in [-0.25, -0.2) is 24.8 Å². The first kappa shape index (κ1) is 47.2. The van der Waals surface area contributed by atoms with Crippen LogP contribution in [-0.4, -0.2) is 82.9 Å². The molecule has 0 radical (unpaired) electrons. The van der Waals surface area contributed by atoms with Gasteiger partial charge in [0, 0.05) is 88.6 Å². The molecule has 0 amide bonds. The van der Waals surface area contributed by atoms with Gasteiger partial charge in [0.15, 0.2) is 19.7 Å². The lowest BCUT2D eigenvalue weighted by Crippen LogP contribution is -2.51. The quantitative estimate of drug-likeness (QED) is 0.0697. The smallest absolute Gasteiger partial charge is 0.225 e. The molecule has 14 nitrogen and oxygen atoms in total. The van der Waals surface area contributed by atoms with Crippen LogP contribution in [0.3, 0.4) is 0 Å². The first-order valence-electron chi connectivity index (χ1n) is 22.8. The third kappa shape index (κ3) is 11.3. The van der Waals surface area contributed by atoms with Crippen molar-refractivity contribution in [2.75, 3.05) is 36.0 Å². The van der Waals surface area contributed by atoms with Gasteiger partial charge in [0.05, 0.1) is 35.9 Å². The van der Waals surface area contributed by atoms with Gasteiger partial charge in [-0.2, -0.15) is 15.5 Å². The highest BCUT2D eigenvalue weighted by molar-refractivity contribution is 6.75. The molecule has 6 aromatic rings. The van der Waals surface area contributed by atoms with Crippen LogP contribution < -0.4 is 19.3 Å². The zero-order chi connectivity index (χ0) is 48.4. The first-order chi connectivity index (χ1) is 33.4. The number of fused-ring (bicyclic) bond motifs is 2. The monoisotopic (exact) mass is 929 g/mol. The molecule has 0 N–H and O–H groups in total. The van der Waals surface area contributed by atoms with E-state index >= 15 is 0 Å². The van der Waals surface area contributed by atoms with E-state index in [9.17, 15) is 10.1 Å². The number of aliphatic imine (C=N–C) groups is 1. The van der Waals surface area contributed by atoms with Crippen molar-refractivity contribution in [3.05, 3.63) is 157 Å². The number of aromatic nitrogens is 4. The van der Waals surface area contributed by atoms with E-state index in [1.165, 1.54) is 0 Å². The SMILES string of the molecule is C=C=N[Si](C)(C)C.N#Cc1cccc(-c2ccc3c(c2)C(=O)CC2(CCN(c4ncccn4)CC2)O3)c1.[C-]#[N+]c1cccc(-c2ccc3c(c2)C(=NC#N)CC2(CCN(c4ncccn4)CC2)O3)c1. The van der Waals surface area contributed by atoms with Crippen LogP contribution in [0.5, 0.6) is 11.5 Å². The highest BCUT2D eigenvalue weighted by Gasteiger charge is 2.44. The fourth-order valence-corrected chi connectivity index (χ4v) is 9.46. The predicted molar refractivity (Wildman–Crippen MR) is 271 cm³/mol. The lowest BCUT2D eigenvalue weighted by atomic mass is 9.81. The van der Waals surface area contributed by atoms with Crippen LogP contribution in [0.15, 0.2) is 138 Å². The van der Waals surface area contributed by atoms with E-state index in [-0.39, 0.29) is 11.4 Å². The molecule has 0 aliphatic carbocycles. The Bertz CT molecular complexity index is 3040. The van der Waals surface area contributed by atoms with Gasteiger partial charge >= 0.3 is 0 Å². The van der Waals surface area contributed by atoms with Crippen molar-refractivity contribution in [3.63, 3.8) is 0 Å². The lowest BCUT2D eigenvalue weighted by Gasteiger charge is -2.44. The highest BCUT2D eigenvalue weighted by atomic mass is 28.3. The molecule has 69 heavy (non-hydrogen) atoms. The maximum Gasteiger partial charge on any atom is 0.225 e. The minimum Gasteiger partial charge on any atom is -0.486 e. The van der Waals surface area contributed by atoms with Crippen LogP contribution in [0, 0.1) is 29.4 Å². The van der Waals surface area contributed by atoms with Crippen LogP contribution in [0.1, 0.15) is 60.0 Å². The summed E-state index contributed by atoms with van der Waals surface area (Å²) in [5, 5.41) is 18.5. The van der Waals surface area contributed by atoms with Crippen LogP contribution in [-0.2, 0) is 0 Å². The van der Waals surface area contributed by atoms with Gasteiger partial charge < -0.3 is 19.3 Å². The fourth-order valence-electron chi connectivity index (χ4n) is 8.98. The van der Waals surface area contributed by atoms with Crippen molar-refractivity contribution in [1.29, 1.82) is 10.5 Å². The molecular formula is C54H51N11O3Si. The molecule has 6 heterocycles. The minimum absolute atomic E-state index is 0.110. The number of benzene rings is 4. The number of ketones is 1. The molecule has 344 valence electrons. The van der Waals surface area contributed by atoms with Gasteiger partial charge in [-0.3, -0.25) is 9.45 Å². The molecule has 4 aromatic carbocycles. The average molecular weight is 930 g/mol. The summed E-state index contributed by atoms with van der Waals surface area (Å²) in [6.45, 7) is 20.1. The van der Waals surface area contributed by atoms with Crippen LogP contribution in [0.2, 0.25) is 19.6 Å². The number of hydrogen-bond donors (Lipinski definition) is 0. The molecule has 4 aliphatic heterocycles. The zero-order valence-corrected chi connectivity index (χ0v) is 40.0. The van der Waals surface area contributed by atoms with Crippen LogP contribution in [0.4, 0.5) is 17.6 Å². The number of nitrogens with zero attached hydrogens (tertiary/aromatic N) is 11. The Kier molecular flexibility index (Phi) is 14.2. The standard InChI is InChI=1S/C25H20N6O.C24H20N4O2.C5H11NSi/c1-27-20-5-2-4-18(14-20)19-6-7-23-21(15-19)22(30-17-26)16-25(32-23)8-12-31(13-9-25)24-28-10-3-11-29-24;25-16-17-3-1-4-18(13-17)19-5-6-22-20(14-19)21(29)15-24(30-22)7-11-28(12-8-24)23-26-9-2-10-27-23;1-5-6-7(2,3)4/h2-7,10-11,14-15H,8-9,12-13,16H2;1-6,9-10,13-14H,7-8,11-12,15H2;1H2,2-4H3. The summed E-state index contributed by atoms with van der Waals surface area (Å²) in [6.07, 6.45) is 13.0. The van der Waals surface area contributed by atoms with Crippen molar-refractivity contribution in [1.82, 2.24) is 19.9 Å². The Hall–Kier alpha value is -8.28. The number of ether oxygens (including phenoxy) is 2. The van der Waals surface area contributed by atoms with Gasteiger partial charge in [-0.05, 0) is 109 Å². The van der Waals surface area contributed by atoms with Crippen LogP contribution in [0.25, 0.3) is 27.1 Å². The average Bonchev–Trinajstić information content (AvgIpc) is 3.37. The van der Waals surface area contributed by atoms with E-state index in [4.69, 9.17) is 21.3 Å². The molecule has 0 atom stereocenters. The van der Waals surface area contributed by atoms with E-state index in [1.54, 1.807) is 43.0 Å². The predicted octanol–water partition coefficient (Wildman–Crippen LogP) is 10.5. The summed E-state index contributed by atoms with van der Waals surface area (Å²) in [4.78, 5) is 42.4. The summed E-state index contributed by atoms with van der Waals surface area (Å²) in [6, 6.07) is 32.4. The lowest BCUT2D eigenvalue weighted by molar-refractivity contribution is 0.0230. The number of piperidine rings is 2. The molecule has 4 aliphatic rings. The van der Waals surface area contributed by atoms with Crippen molar-refractivity contribution in [2.24, 2.45) is 9.65 Å². The third-order valence-electron chi connectivity index (χ3n) is 12.4. The molecular weight excluding hydrogens is 879 g/mol. The molecule has 2 fully saturated rings. The number of rotatable bonds is 5. The van der Waals surface area contributed by atoms with Gasteiger partial charge in [0.25, 0.3) is 0 Å². The maximum atomic E-state index is 13.0.